The Balaban J connectivity index is 1.74. The van der Waals surface area contributed by atoms with Gasteiger partial charge in [-0.05, 0) is 25.7 Å². The van der Waals surface area contributed by atoms with Gasteiger partial charge in [0.1, 0.15) is 6.61 Å². The van der Waals surface area contributed by atoms with E-state index in [0.29, 0.717) is 26.1 Å². The Morgan fingerprint density at radius 1 is 1.25 bits per heavy atom. The summed E-state index contributed by atoms with van der Waals surface area (Å²) in [6, 6.07) is 0. The van der Waals surface area contributed by atoms with Crippen LogP contribution in [0.3, 0.4) is 0 Å². The molecule has 0 aromatic carbocycles. The van der Waals surface area contributed by atoms with Crippen LogP contribution in [0, 0.1) is 5.41 Å². The first-order valence-electron chi connectivity index (χ1n) is 7.32. The lowest BCUT2D eigenvalue weighted by molar-refractivity contribution is -0.155. The van der Waals surface area contributed by atoms with Gasteiger partial charge in [0, 0.05) is 19.8 Å². The van der Waals surface area contributed by atoms with E-state index in [2.05, 4.69) is 5.32 Å². The van der Waals surface area contributed by atoms with Crippen molar-refractivity contribution in [2.45, 2.75) is 44.6 Å². The number of hydrogen-bond acceptors (Lipinski definition) is 4. The van der Waals surface area contributed by atoms with Gasteiger partial charge < -0.3 is 19.9 Å². The fourth-order valence-corrected chi connectivity index (χ4v) is 2.80. The van der Waals surface area contributed by atoms with Crippen LogP contribution >= 0.6 is 0 Å². The number of carboxylic acids is 1. The predicted octanol–water partition coefficient (Wildman–Crippen LogP) is 0.943. The second kappa shape index (κ2) is 7.04. The largest absolute Gasteiger partial charge is 0.481 e. The maximum atomic E-state index is 11.7. The second-order valence-corrected chi connectivity index (χ2v) is 5.69. The van der Waals surface area contributed by atoms with Crippen molar-refractivity contribution < 1.29 is 24.2 Å². The minimum Gasteiger partial charge on any atom is -0.481 e. The van der Waals surface area contributed by atoms with Gasteiger partial charge in [0.15, 0.2) is 0 Å². The molecule has 2 N–H and O–H groups in total. The monoisotopic (exact) mass is 285 g/mol. The molecule has 20 heavy (non-hydrogen) atoms. The molecule has 0 bridgehead atoms. The van der Waals surface area contributed by atoms with Crippen LogP contribution in [0.4, 0.5) is 0 Å². The maximum absolute atomic E-state index is 11.7. The van der Waals surface area contributed by atoms with Crippen LogP contribution in [0.15, 0.2) is 0 Å². The Hall–Kier alpha value is -1.14. The first kappa shape index (κ1) is 15.3. The minimum absolute atomic E-state index is 0.0247. The van der Waals surface area contributed by atoms with Gasteiger partial charge in [0.25, 0.3) is 0 Å². The SMILES string of the molecule is O=C(COC1CCCC1)NCC1(C(=O)O)CCOCC1. The summed E-state index contributed by atoms with van der Waals surface area (Å²) in [4.78, 5) is 23.2. The van der Waals surface area contributed by atoms with E-state index in [1.807, 2.05) is 0 Å². The zero-order chi connectivity index (χ0) is 14.4. The van der Waals surface area contributed by atoms with Gasteiger partial charge >= 0.3 is 5.97 Å². The van der Waals surface area contributed by atoms with Crippen molar-refractivity contribution in [3.63, 3.8) is 0 Å². The number of ether oxygens (including phenoxy) is 2. The Kier molecular flexibility index (Phi) is 5.37. The number of carbonyl (C=O) groups is 2. The maximum Gasteiger partial charge on any atom is 0.311 e. The molecule has 0 spiro atoms. The molecule has 0 radical (unpaired) electrons. The molecule has 2 rings (SSSR count). The molecule has 6 nitrogen and oxygen atoms in total. The zero-order valence-electron chi connectivity index (χ0n) is 11.7. The molecule has 0 atom stereocenters. The van der Waals surface area contributed by atoms with Crippen molar-refractivity contribution in [3.8, 4) is 0 Å². The Labute approximate surface area is 118 Å². The molecule has 1 saturated heterocycles. The van der Waals surface area contributed by atoms with Gasteiger partial charge in [-0.1, -0.05) is 12.8 Å². The summed E-state index contributed by atoms with van der Waals surface area (Å²) in [7, 11) is 0. The van der Waals surface area contributed by atoms with Crippen molar-refractivity contribution in [1.29, 1.82) is 0 Å². The number of carbonyl (C=O) groups excluding carboxylic acids is 1. The number of nitrogens with one attached hydrogen (secondary N) is 1. The summed E-state index contributed by atoms with van der Waals surface area (Å²) >= 11 is 0. The van der Waals surface area contributed by atoms with E-state index in [9.17, 15) is 14.7 Å². The molecule has 1 aliphatic carbocycles. The second-order valence-electron chi connectivity index (χ2n) is 5.69. The molecule has 0 aromatic rings. The highest BCUT2D eigenvalue weighted by Crippen LogP contribution is 2.30. The highest BCUT2D eigenvalue weighted by atomic mass is 16.5. The normalized spacial score (nSPS) is 22.6. The number of hydrogen-bond donors (Lipinski definition) is 2. The van der Waals surface area contributed by atoms with Crippen LogP contribution in [0.1, 0.15) is 38.5 Å². The van der Waals surface area contributed by atoms with E-state index in [0.717, 1.165) is 25.7 Å². The van der Waals surface area contributed by atoms with Crippen molar-refractivity contribution in [2.75, 3.05) is 26.4 Å². The van der Waals surface area contributed by atoms with Crippen molar-refractivity contribution >= 4 is 11.9 Å². The third-order valence-electron chi connectivity index (χ3n) is 4.28. The zero-order valence-corrected chi connectivity index (χ0v) is 11.7. The molecule has 0 aromatic heterocycles. The lowest BCUT2D eigenvalue weighted by Gasteiger charge is -2.33. The molecule has 2 aliphatic rings. The van der Waals surface area contributed by atoms with E-state index in [-0.39, 0.29) is 25.2 Å². The number of rotatable bonds is 6. The fraction of sp³-hybridized carbons (Fsp3) is 0.857. The molecule has 0 unspecified atom stereocenters. The van der Waals surface area contributed by atoms with Crippen molar-refractivity contribution in [2.24, 2.45) is 5.41 Å². The molecule has 1 amide bonds. The van der Waals surface area contributed by atoms with E-state index >= 15 is 0 Å². The standard InChI is InChI=1S/C14H23NO5/c16-12(9-20-11-3-1-2-4-11)15-10-14(13(17)18)5-7-19-8-6-14/h11H,1-10H2,(H,15,16)(H,17,18). The van der Waals surface area contributed by atoms with E-state index in [1.54, 1.807) is 0 Å². The van der Waals surface area contributed by atoms with E-state index in [4.69, 9.17) is 9.47 Å². The van der Waals surface area contributed by atoms with Crippen LogP contribution in [0.5, 0.6) is 0 Å². The molecular weight excluding hydrogens is 262 g/mol. The van der Waals surface area contributed by atoms with Crippen molar-refractivity contribution in [3.05, 3.63) is 0 Å². The lowest BCUT2D eigenvalue weighted by Crippen LogP contribution is -2.47. The van der Waals surface area contributed by atoms with E-state index in [1.165, 1.54) is 0 Å². The Morgan fingerprint density at radius 3 is 2.50 bits per heavy atom. The summed E-state index contributed by atoms with van der Waals surface area (Å²) in [6.07, 6.45) is 5.42. The summed E-state index contributed by atoms with van der Waals surface area (Å²) in [6.45, 7) is 1.04. The topological polar surface area (TPSA) is 84.9 Å². The smallest absolute Gasteiger partial charge is 0.311 e. The average molecular weight is 285 g/mol. The number of carboxylic acid groups (broad SMARTS) is 1. The molecule has 114 valence electrons. The third-order valence-corrected chi connectivity index (χ3v) is 4.28. The molecule has 6 heteroatoms. The van der Waals surface area contributed by atoms with Gasteiger partial charge in [-0.3, -0.25) is 9.59 Å². The Bertz CT molecular complexity index is 345. The highest BCUT2D eigenvalue weighted by Gasteiger charge is 2.40. The van der Waals surface area contributed by atoms with Crippen LogP contribution < -0.4 is 5.32 Å². The van der Waals surface area contributed by atoms with Gasteiger partial charge in [-0.2, -0.15) is 0 Å². The third kappa shape index (κ3) is 3.93. The van der Waals surface area contributed by atoms with Crippen LogP contribution in [-0.2, 0) is 19.1 Å². The molecule has 1 saturated carbocycles. The number of amides is 1. The van der Waals surface area contributed by atoms with Crippen LogP contribution in [0.25, 0.3) is 0 Å². The fourth-order valence-electron chi connectivity index (χ4n) is 2.80. The first-order chi connectivity index (χ1) is 9.62. The summed E-state index contributed by atoms with van der Waals surface area (Å²) in [5.74, 6) is -1.10. The summed E-state index contributed by atoms with van der Waals surface area (Å²) in [5, 5.41) is 12.1. The number of aliphatic carboxylic acids is 1. The molecule has 1 aliphatic heterocycles. The quantitative estimate of drug-likeness (QED) is 0.759. The Morgan fingerprint density at radius 2 is 1.90 bits per heavy atom. The van der Waals surface area contributed by atoms with Gasteiger partial charge in [-0.15, -0.1) is 0 Å². The average Bonchev–Trinajstić information content (AvgIpc) is 2.97. The summed E-state index contributed by atoms with van der Waals surface area (Å²) in [5.41, 5.74) is -0.888. The minimum atomic E-state index is -0.888. The first-order valence-corrected chi connectivity index (χ1v) is 7.32. The van der Waals surface area contributed by atoms with Crippen LogP contribution in [0.2, 0.25) is 0 Å². The van der Waals surface area contributed by atoms with Crippen molar-refractivity contribution in [1.82, 2.24) is 5.32 Å². The van der Waals surface area contributed by atoms with E-state index < -0.39 is 11.4 Å². The lowest BCUT2D eigenvalue weighted by atomic mass is 9.80. The van der Waals surface area contributed by atoms with Crippen LogP contribution in [-0.4, -0.2) is 49.5 Å². The van der Waals surface area contributed by atoms with Gasteiger partial charge in [0.2, 0.25) is 5.91 Å². The molecular formula is C14H23NO5. The van der Waals surface area contributed by atoms with Gasteiger partial charge in [0.05, 0.1) is 11.5 Å². The predicted molar refractivity (Wildman–Crippen MR) is 71.3 cm³/mol. The highest BCUT2D eigenvalue weighted by molar-refractivity contribution is 5.79. The summed E-state index contributed by atoms with van der Waals surface area (Å²) < 4.78 is 10.7. The molecule has 2 fully saturated rings. The molecule has 1 heterocycles. The van der Waals surface area contributed by atoms with Gasteiger partial charge in [-0.25, -0.2) is 0 Å².